The van der Waals surface area contributed by atoms with Gasteiger partial charge >= 0.3 is 0 Å². The molecular formula is C18H32N2O. The molecule has 3 rings (SSSR count). The van der Waals surface area contributed by atoms with Crippen LogP contribution in [0.4, 0.5) is 0 Å². The van der Waals surface area contributed by atoms with E-state index >= 15 is 0 Å². The number of ether oxygens (including phenoxy) is 1. The fourth-order valence-corrected chi connectivity index (χ4v) is 4.17. The fourth-order valence-electron chi connectivity index (χ4n) is 4.17. The Morgan fingerprint density at radius 1 is 1.10 bits per heavy atom. The molecule has 3 nitrogen and oxygen atoms in total. The highest BCUT2D eigenvalue weighted by Gasteiger charge is 2.27. The number of allylic oxidation sites excluding steroid dienone is 2. The molecule has 0 amide bonds. The van der Waals surface area contributed by atoms with Crippen LogP contribution < -0.4 is 5.32 Å². The van der Waals surface area contributed by atoms with E-state index in [2.05, 4.69) is 16.3 Å². The van der Waals surface area contributed by atoms with Crippen LogP contribution in [0.25, 0.3) is 0 Å². The van der Waals surface area contributed by atoms with E-state index in [0.717, 1.165) is 18.4 Å². The zero-order chi connectivity index (χ0) is 14.3. The molecule has 21 heavy (non-hydrogen) atoms. The molecule has 0 spiro atoms. The summed E-state index contributed by atoms with van der Waals surface area (Å²) in [7, 11) is 0. The minimum Gasteiger partial charge on any atom is -0.498 e. The average Bonchev–Trinajstić information content (AvgIpc) is 2.77. The summed E-state index contributed by atoms with van der Waals surface area (Å²) >= 11 is 0. The van der Waals surface area contributed by atoms with Crippen molar-refractivity contribution in [3.8, 4) is 0 Å². The third-order valence-electron chi connectivity index (χ3n) is 5.52. The molecule has 2 fully saturated rings. The molecular weight excluding hydrogens is 260 g/mol. The van der Waals surface area contributed by atoms with Gasteiger partial charge in [-0.2, -0.15) is 0 Å². The molecule has 1 N–H and O–H groups in total. The van der Waals surface area contributed by atoms with Gasteiger partial charge in [-0.15, -0.1) is 0 Å². The van der Waals surface area contributed by atoms with Crippen LogP contribution in [-0.2, 0) is 4.74 Å². The molecule has 2 unspecified atom stereocenters. The lowest BCUT2D eigenvalue weighted by molar-refractivity contribution is 0.142. The Balaban J connectivity index is 1.34. The van der Waals surface area contributed by atoms with E-state index in [-0.39, 0.29) is 0 Å². The third kappa shape index (κ3) is 4.72. The quantitative estimate of drug-likeness (QED) is 0.788. The summed E-state index contributed by atoms with van der Waals surface area (Å²) < 4.78 is 6.08. The molecule has 120 valence electrons. The standard InChI is InChI=1S/C18H32N2O/c1-2-11-20(12-3-1)13-4-14-21-18-6-5-16-7-9-19-10-8-17(16)15-18/h6,16-17,19H,1-5,7-15H2. The average molecular weight is 292 g/mol. The van der Waals surface area contributed by atoms with Gasteiger partial charge in [0.1, 0.15) is 0 Å². The van der Waals surface area contributed by atoms with Crippen LogP contribution in [0.15, 0.2) is 11.8 Å². The second kappa shape index (κ2) is 8.19. The van der Waals surface area contributed by atoms with Crippen molar-refractivity contribution in [2.75, 3.05) is 39.3 Å². The Kier molecular flexibility index (Phi) is 5.99. The zero-order valence-corrected chi connectivity index (χ0v) is 13.5. The SMILES string of the molecule is C1=C(OCCCN2CCCCC2)CC2CCNCCC2C1. The molecule has 1 aliphatic carbocycles. The number of hydrogen-bond acceptors (Lipinski definition) is 3. The van der Waals surface area contributed by atoms with Crippen molar-refractivity contribution in [3.63, 3.8) is 0 Å². The normalized spacial score (nSPS) is 31.1. The molecule has 2 saturated heterocycles. The van der Waals surface area contributed by atoms with E-state index in [1.165, 1.54) is 89.8 Å². The second-order valence-corrected chi connectivity index (χ2v) is 7.06. The summed E-state index contributed by atoms with van der Waals surface area (Å²) in [5.74, 6) is 3.06. The fraction of sp³-hybridized carbons (Fsp3) is 0.889. The summed E-state index contributed by atoms with van der Waals surface area (Å²) in [6, 6.07) is 0. The van der Waals surface area contributed by atoms with Gasteiger partial charge in [-0.1, -0.05) is 6.42 Å². The van der Waals surface area contributed by atoms with Gasteiger partial charge in [0.15, 0.2) is 0 Å². The summed E-state index contributed by atoms with van der Waals surface area (Å²) in [5.41, 5.74) is 0. The van der Waals surface area contributed by atoms with E-state index in [4.69, 9.17) is 4.74 Å². The van der Waals surface area contributed by atoms with E-state index in [1.807, 2.05) is 0 Å². The smallest absolute Gasteiger partial charge is 0.0922 e. The van der Waals surface area contributed by atoms with E-state index in [9.17, 15) is 0 Å². The van der Waals surface area contributed by atoms with Crippen molar-refractivity contribution in [1.29, 1.82) is 0 Å². The minimum atomic E-state index is 0.863. The van der Waals surface area contributed by atoms with Gasteiger partial charge in [-0.3, -0.25) is 0 Å². The van der Waals surface area contributed by atoms with Crippen molar-refractivity contribution in [2.45, 2.75) is 51.4 Å². The van der Waals surface area contributed by atoms with Gasteiger partial charge in [0.2, 0.25) is 0 Å². The molecule has 0 radical (unpaired) electrons. The van der Waals surface area contributed by atoms with Gasteiger partial charge in [0, 0.05) is 13.0 Å². The van der Waals surface area contributed by atoms with Crippen molar-refractivity contribution in [2.24, 2.45) is 11.8 Å². The van der Waals surface area contributed by atoms with Crippen LogP contribution in [0, 0.1) is 11.8 Å². The van der Waals surface area contributed by atoms with E-state index in [1.54, 1.807) is 0 Å². The van der Waals surface area contributed by atoms with Crippen molar-refractivity contribution < 1.29 is 4.74 Å². The predicted molar refractivity (Wildman–Crippen MR) is 87.3 cm³/mol. The molecule has 0 bridgehead atoms. The predicted octanol–water partition coefficient (Wildman–Crippen LogP) is 3.17. The van der Waals surface area contributed by atoms with Crippen molar-refractivity contribution >= 4 is 0 Å². The van der Waals surface area contributed by atoms with Crippen LogP contribution in [0.3, 0.4) is 0 Å². The highest BCUT2D eigenvalue weighted by Crippen LogP contribution is 2.35. The molecule has 0 saturated carbocycles. The first-order valence-electron chi connectivity index (χ1n) is 9.17. The van der Waals surface area contributed by atoms with Gasteiger partial charge in [-0.25, -0.2) is 0 Å². The van der Waals surface area contributed by atoms with Gasteiger partial charge in [0.25, 0.3) is 0 Å². The number of hydrogen-bond donors (Lipinski definition) is 1. The van der Waals surface area contributed by atoms with Crippen LogP contribution in [0.5, 0.6) is 0 Å². The van der Waals surface area contributed by atoms with Crippen LogP contribution >= 0.6 is 0 Å². The zero-order valence-electron chi connectivity index (χ0n) is 13.5. The Labute approximate surface area is 130 Å². The molecule has 0 aromatic rings. The Hall–Kier alpha value is -0.540. The first kappa shape index (κ1) is 15.4. The number of piperidine rings is 1. The monoisotopic (exact) mass is 292 g/mol. The van der Waals surface area contributed by atoms with E-state index < -0.39 is 0 Å². The first-order valence-corrected chi connectivity index (χ1v) is 9.17. The molecule has 2 heterocycles. The van der Waals surface area contributed by atoms with Crippen molar-refractivity contribution in [1.82, 2.24) is 10.2 Å². The van der Waals surface area contributed by atoms with E-state index in [0.29, 0.717) is 0 Å². The topological polar surface area (TPSA) is 24.5 Å². The van der Waals surface area contributed by atoms with Gasteiger partial charge < -0.3 is 15.0 Å². The first-order chi connectivity index (χ1) is 10.4. The summed E-state index contributed by atoms with van der Waals surface area (Å²) in [5, 5.41) is 3.54. The number of fused-ring (bicyclic) bond motifs is 1. The summed E-state index contributed by atoms with van der Waals surface area (Å²) in [6.07, 6.45) is 12.9. The molecule has 2 atom stereocenters. The number of nitrogens with zero attached hydrogens (tertiary/aromatic N) is 1. The Bertz CT molecular complexity index is 336. The number of likely N-dealkylation sites (tertiary alicyclic amines) is 1. The molecule has 0 aromatic heterocycles. The lowest BCUT2D eigenvalue weighted by Gasteiger charge is -2.30. The second-order valence-electron chi connectivity index (χ2n) is 7.06. The van der Waals surface area contributed by atoms with Crippen molar-refractivity contribution in [3.05, 3.63) is 11.8 Å². The van der Waals surface area contributed by atoms with Gasteiger partial charge in [-0.05, 0) is 82.6 Å². The highest BCUT2D eigenvalue weighted by atomic mass is 16.5. The van der Waals surface area contributed by atoms with Gasteiger partial charge in [0.05, 0.1) is 12.4 Å². The summed E-state index contributed by atoms with van der Waals surface area (Å²) in [4.78, 5) is 2.61. The Morgan fingerprint density at radius 3 is 2.76 bits per heavy atom. The molecule has 3 aliphatic rings. The molecule has 0 aromatic carbocycles. The Morgan fingerprint density at radius 2 is 1.90 bits per heavy atom. The maximum absolute atomic E-state index is 6.08. The number of nitrogens with one attached hydrogen (secondary N) is 1. The lowest BCUT2D eigenvalue weighted by atomic mass is 9.79. The van der Waals surface area contributed by atoms with Crippen LogP contribution in [-0.4, -0.2) is 44.2 Å². The largest absolute Gasteiger partial charge is 0.498 e. The molecule has 3 heteroatoms. The highest BCUT2D eigenvalue weighted by molar-refractivity contribution is 5.03. The van der Waals surface area contributed by atoms with Crippen LogP contribution in [0.1, 0.15) is 51.4 Å². The van der Waals surface area contributed by atoms with Crippen LogP contribution in [0.2, 0.25) is 0 Å². The number of rotatable bonds is 5. The summed E-state index contributed by atoms with van der Waals surface area (Å²) in [6.45, 7) is 7.16. The maximum Gasteiger partial charge on any atom is 0.0922 e. The lowest BCUT2D eigenvalue weighted by Crippen LogP contribution is -2.31. The minimum absolute atomic E-state index is 0.863. The maximum atomic E-state index is 6.08. The third-order valence-corrected chi connectivity index (χ3v) is 5.52. The molecule has 2 aliphatic heterocycles.